The summed E-state index contributed by atoms with van der Waals surface area (Å²) in [5.41, 5.74) is 2.60. The van der Waals surface area contributed by atoms with E-state index in [1.54, 1.807) is 19.2 Å². The summed E-state index contributed by atoms with van der Waals surface area (Å²) in [5.74, 6) is -0.186. The molecule has 0 bridgehead atoms. The second-order valence-electron chi connectivity index (χ2n) is 3.96. The van der Waals surface area contributed by atoms with Crippen LogP contribution in [0.15, 0.2) is 53.5 Å². The minimum Gasteiger partial charge on any atom is -0.288 e. The smallest absolute Gasteiger partial charge is 0.126 e. The lowest BCUT2D eigenvalue weighted by molar-refractivity contribution is 0.618. The average molecular weight is 227 g/mol. The lowest BCUT2D eigenvalue weighted by atomic mass is 10.1. The molecule has 0 atom stereocenters. The fourth-order valence-electron chi connectivity index (χ4n) is 1.53. The molecule has 0 fully saturated rings. The molecule has 0 spiro atoms. The molecule has 1 nitrogen and oxygen atoms in total. The first-order valence-electron chi connectivity index (χ1n) is 5.55. The van der Waals surface area contributed by atoms with Crippen LogP contribution in [0.25, 0.3) is 0 Å². The first-order chi connectivity index (χ1) is 8.25. The summed E-state index contributed by atoms with van der Waals surface area (Å²) in [6.45, 7) is 2.37. The third kappa shape index (κ3) is 3.25. The molecule has 0 aromatic heterocycles. The van der Waals surface area contributed by atoms with Crippen molar-refractivity contribution < 1.29 is 4.39 Å². The molecule has 86 valence electrons. The van der Waals surface area contributed by atoms with Crippen molar-refractivity contribution in [2.45, 2.75) is 13.5 Å². The molecule has 17 heavy (non-hydrogen) atoms. The van der Waals surface area contributed by atoms with E-state index >= 15 is 0 Å². The van der Waals surface area contributed by atoms with Gasteiger partial charge in [-0.1, -0.05) is 42.5 Å². The SMILES string of the molecule is Cc1ccc(C=NCc2ccccc2)cc1F. The van der Waals surface area contributed by atoms with Gasteiger partial charge in [-0.2, -0.15) is 0 Å². The third-order valence-electron chi connectivity index (χ3n) is 2.55. The van der Waals surface area contributed by atoms with E-state index in [0.29, 0.717) is 12.1 Å². The highest BCUT2D eigenvalue weighted by Crippen LogP contribution is 2.08. The summed E-state index contributed by atoms with van der Waals surface area (Å²) in [4.78, 5) is 4.29. The molecule has 0 saturated heterocycles. The highest BCUT2D eigenvalue weighted by atomic mass is 19.1. The van der Waals surface area contributed by atoms with Crippen molar-refractivity contribution in [3.63, 3.8) is 0 Å². The van der Waals surface area contributed by atoms with E-state index in [-0.39, 0.29) is 5.82 Å². The number of hydrogen-bond acceptors (Lipinski definition) is 1. The molecule has 0 heterocycles. The minimum atomic E-state index is -0.186. The van der Waals surface area contributed by atoms with Gasteiger partial charge in [0.2, 0.25) is 0 Å². The van der Waals surface area contributed by atoms with E-state index in [1.807, 2.05) is 36.4 Å². The molecule has 2 heteroatoms. The van der Waals surface area contributed by atoms with Crippen LogP contribution in [-0.4, -0.2) is 6.21 Å². The Morgan fingerprint density at radius 1 is 1.12 bits per heavy atom. The third-order valence-corrected chi connectivity index (χ3v) is 2.55. The van der Waals surface area contributed by atoms with Crippen LogP contribution in [0.4, 0.5) is 4.39 Å². The Hall–Kier alpha value is -1.96. The summed E-state index contributed by atoms with van der Waals surface area (Å²) >= 11 is 0. The van der Waals surface area contributed by atoms with Crippen LogP contribution in [0.3, 0.4) is 0 Å². The number of halogens is 1. The van der Waals surface area contributed by atoms with Crippen molar-refractivity contribution in [2.24, 2.45) is 4.99 Å². The molecule has 0 aliphatic heterocycles. The zero-order valence-corrected chi connectivity index (χ0v) is 9.73. The van der Waals surface area contributed by atoms with Gasteiger partial charge in [0.05, 0.1) is 6.54 Å². The topological polar surface area (TPSA) is 12.4 Å². The molecule has 0 aliphatic rings. The minimum absolute atomic E-state index is 0.186. The Kier molecular flexibility index (Phi) is 3.66. The van der Waals surface area contributed by atoms with Crippen molar-refractivity contribution >= 4 is 6.21 Å². The number of hydrogen-bond donors (Lipinski definition) is 0. The predicted octanol–water partition coefficient (Wildman–Crippen LogP) is 3.75. The van der Waals surface area contributed by atoms with Crippen LogP contribution in [0.1, 0.15) is 16.7 Å². The van der Waals surface area contributed by atoms with Crippen molar-refractivity contribution in [3.8, 4) is 0 Å². The van der Waals surface area contributed by atoms with E-state index in [0.717, 1.165) is 11.1 Å². The predicted molar refractivity (Wildman–Crippen MR) is 68.9 cm³/mol. The van der Waals surface area contributed by atoms with Crippen LogP contribution in [0.5, 0.6) is 0 Å². The van der Waals surface area contributed by atoms with Gasteiger partial charge in [0.15, 0.2) is 0 Å². The molecular formula is C15H14FN. The summed E-state index contributed by atoms with van der Waals surface area (Å²) in [6, 6.07) is 15.1. The summed E-state index contributed by atoms with van der Waals surface area (Å²) in [6.07, 6.45) is 1.70. The second-order valence-corrected chi connectivity index (χ2v) is 3.96. The Labute approximate surface area is 101 Å². The van der Waals surface area contributed by atoms with Gasteiger partial charge < -0.3 is 0 Å². The summed E-state index contributed by atoms with van der Waals surface area (Å²) < 4.78 is 13.3. The van der Waals surface area contributed by atoms with Gasteiger partial charge in [-0.3, -0.25) is 4.99 Å². The monoisotopic (exact) mass is 227 g/mol. The first-order valence-corrected chi connectivity index (χ1v) is 5.55. The Morgan fingerprint density at radius 3 is 2.59 bits per heavy atom. The Morgan fingerprint density at radius 2 is 1.88 bits per heavy atom. The number of benzene rings is 2. The lowest BCUT2D eigenvalue weighted by Gasteiger charge is -1.98. The maximum atomic E-state index is 13.3. The number of rotatable bonds is 3. The largest absolute Gasteiger partial charge is 0.288 e. The molecule has 2 rings (SSSR count). The van der Waals surface area contributed by atoms with Gasteiger partial charge in [0, 0.05) is 6.21 Å². The lowest BCUT2D eigenvalue weighted by Crippen LogP contribution is -1.88. The standard InChI is InChI=1S/C15H14FN/c1-12-7-8-14(9-15(12)16)11-17-10-13-5-3-2-4-6-13/h2-9,11H,10H2,1H3. The molecule has 0 radical (unpaired) electrons. The maximum absolute atomic E-state index is 13.3. The van der Waals surface area contributed by atoms with Crippen LogP contribution in [0.2, 0.25) is 0 Å². The average Bonchev–Trinajstić information content (AvgIpc) is 2.35. The number of nitrogens with zero attached hydrogens (tertiary/aromatic N) is 1. The molecule has 0 aliphatic carbocycles. The van der Waals surface area contributed by atoms with E-state index in [1.165, 1.54) is 6.07 Å². The highest BCUT2D eigenvalue weighted by molar-refractivity contribution is 5.79. The van der Waals surface area contributed by atoms with Crippen LogP contribution >= 0.6 is 0 Å². The van der Waals surface area contributed by atoms with E-state index in [2.05, 4.69) is 4.99 Å². The van der Waals surface area contributed by atoms with Gasteiger partial charge in [-0.05, 0) is 29.7 Å². The molecule has 2 aromatic rings. The normalized spacial score (nSPS) is 10.9. The van der Waals surface area contributed by atoms with Crippen molar-refractivity contribution in [2.75, 3.05) is 0 Å². The van der Waals surface area contributed by atoms with Crippen molar-refractivity contribution in [1.29, 1.82) is 0 Å². The second kappa shape index (κ2) is 5.39. The molecule has 0 saturated carbocycles. The number of aryl methyl sites for hydroxylation is 1. The van der Waals surface area contributed by atoms with Gasteiger partial charge in [-0.15, -0.1) is 0 Å². The molecular weight excluding hydrogens is 213 g/mol. The summed E-state index contributed by atoms with van der Waals surface area (Å²) in [5, 5.41) is 0. The molecule has 0 unspecified atom stereocenters. The molecule has 0 amide bonds. The summed E-state index contributed by atoms with van der Waals surface area (Å²) in [7, 11) is 0. The van der Waals surface area contributed by atoms with Gasteiger partial charge in [0.1, 0.15) is 5.82 Å². The number of aliphatic imine (C=N–C) groups is 1. The maximum Gasteiger partial charge on any atom is 0.126 e. The van der Waals surface area contributed by atoms with Crippen LogP contribution in [0, 0.1) is 12.7 Å². The fraction of sp³-hybridized carbons (Fsp3) is 0.133. The van der Waals surface area contributed by atoms with E-state index in [9.17, 15) is 4.39 Å². The first kappa shape index (κ1) is 11.5. The van der Waals surface area contributed by atoms with Crippen molar-refractivity contribution in [1.82, 2.24) is 0 Å². The van der Waals surface area contributed by atoms with Crippen LogP contribution in [-0.2, 0) is 6.54 Å². The quantitative estimate of drug-likeness (QED) is 0.708. The Bertz CT molecular complexity index is 518. The molecule has 2 aromatic carbocycles. The van der Waals surface area contributed by atoms with E-state index in [4.69, 9.17) is 0 Å². The van der Waals surface area contributed by atoms with Gasteiger partial charge in [0.25, 0.3) is 0 Å². The fourth-order valence-corrected chi connectivity index (χ4v) is 1.53. The molecule has 0 N–H and O–H groups in total. The highest BCUT2D eigenvalue weighted by Gasteiger charge is 1.96. The van der Waals surface area contributed by atoms with Gasteiger partial charge >= 0.3 is 0 Å². The zero-order chi connectivity index (χ0) is 12.1. The Balaban J connectivity index is 2.03. The zero-order valence-electron chi connectivity index (χ0n) is 9.73. The van der Waals surface area contributed by atoms with Gasteiger partial charge in [-0.25, -0.2) is 4.39 Å². The van der Waals surface area contributed by atoms with E-state index < -0.39 is 0 Å². The van der Waals surface area contributed by atoms with Crippen LogP contribution < -0.4 is 0 Å². The van der Waals surface area contributed by atoms with Crippen molar-refractivity contribution in [3.05, 3.63) is 71.0 Å².